The minimum Gasteiger partial charge on any atom is -0.448 e. The molecule has 0 aliphatic heterocycles. The number of furan rings is 1. The molecular formula is C19H23N2OS+. The molecule has 0 amide bonds. The average Bonchev–Trinajstić information content (AvgIpc) is 3.15. The summed E-state index contributed by atoms with van der Waals surface area (Å²) in [6.07, 6.45) is 6.10. The van der Waals surface area contributed by atoms with Gasteiger partial charge in [-0.1, -0.05) is 12.1 Å². The van der Waals surface area contributed by atoms with Crippen molar-refractivity contribution >= 4 is 39.6 Å². The highest BCUT2D eigenvalue weighted by Crippen LogP contribution is 2.23. The van der Waals surface area contributed by atoms with Gasteiger partial charge in [-0.25, -0.2) is 0 Å². The van der Waals surface area contributed by atoms with Crippen molar-refractivity contribution in [3.05, 3.63) is 47.2 Å². The van der Waals surface area contributed by atoms with Crippen LogP contribution in [0.5, 0.6) is 0 Å². The van der Waals surface area contributed by atoms with Crippen LogP contribution in [-0.4, -0.2) is 13.1 Å². The first kappa shape index (κ1) is 15.8. The smallest absolute Gasteiger partial charge is 0.265 e. The molecule has 120 valence electrons. The lowest BCUT2D eigenvalue weighted by molar-refractivity contribution is -0.665. The topological polar surface area (TPSA) is 20.3 Å². The highest BCUT2D eigenvalue weighted by molar-refractivity contribution is 7.18. The molecule has 23 heavy (non-hydrogen) atoms. The van der Waals surface area contributed by atoms with Gasteiger partial charge >= 0.3 is 0 Å². The predicted molar refractivity (Wildman–Crippen MR) is 98.9 cm³/mol. The van der Waals surface area contributed by atoms with Crippen molar-refractivity contribution in [1.29, 1.82) is 0 Å². The molecule has 0 atom stereocenters. The largest absolute Gasteiger partial charge is 0.448 e. The van der Waals surface area contributed by atoms with E-state index >= 15 is 0 Å². The first-order chi connectivity index (χ1) is 11.3. The summed E-state index contributed by atoms with van der Waals surface area (Å²) < 4.78 is 7.80. The lowest BCUT2D eigenvalue weighted by atomic mass is 10.2. The normalized spacial score (nSPS) is 11.6. The molecule has 0 fully saturated rings. The fourth-order valence-corrected chi connectivity index (χ4v) is 3.89. The molecular weight excluding hydrogens is 304 g/mol. The number of hydrogen-bond acceptors (Lipinski definition) is 3. The van der Waals surface area contributed by atoms with Crippen molar-refractivity contribution in [3.8, 4) is 0 Å². The number of anilines is 1. The molecule has 0 saturated heterocycles. The summed E-state index contributed by atoms with van der Waals surface area (Å²) in [6.45, 7) is 9.56. The van der Waals surface area contributed by atoms with Gasteiger partial charge in [0.2, 0.25) is 0 Å². The molecule has 3 rings (SSSR count). The zero-order valence-corrected chi connectivity index (χ0v) is 14.8. The fourth-order valence-electron chi connectivity index (χ4n) is 2.84. The van der Waals surface area contributed by atoms with Crippen LogP contribution >= 0.6 is 11.3 Å². The van der Waals surface area contributed by atoms with Gasteiger partial charge in [-0.2, -0.15) is 4.57 Å². The van der Waals surface area contributed by atoms with E-state index in [9.17, 15) is 0 Å². The first-order valence-electron chi connectivity index (χ1n) is 8.19. The Labute approximate surface area is 141 Å². The Morgan fingerprint density at radius 1 is 1.04 bits per heavy atom. The summed E-state index contributed by atoms with van der Waals surface area (Å²) in [4.78, 5) is 3.34. The standard InChI is InChI=1S/C19H23N2OS/c1-4-20(5-2)16-10-7-15(8-11-16)9-12-18-21(6-3)17-13-14-22-19(17)23-18/h7-14H,4-6H2,1-3H3/q+1. The molecule has 0 aliphatic rings. The van der Waals surface area contributed by atoms with Crippen LogP contribution in [-0.2, 0) is 6.54 Å². The monoisotopic (exact) mass is 327 g/mol. The van der Waals surface area contributed by atoms with Crippen LogP contribution in [0.2, 0.25) is 0 Å². The van der Waals surface area contributed by atoms with Crippen LogP contribution in [0.25, 0.3) is 22.6 Å². The number of rotatable bonds is 6. The van der Waals surface area contributed by atoms with Crippen molar-refractivity contribution in [1.82, 2.24) is 0 Å². The van der Waals surface area contributed by atoms with Gasteiger partial charge in [0, 0.05) is 24.9 Å². The Morgan fingerprint density at radius 2 is 1.78 bits per heavy atom. The van der Waals surface area contributed by atoms with E-state index in [4.69, 9.17) is 4.42 Å². The van der Waals surface area contributed by atoms with Gasteiger partial charge in [0.25, 0.3) is 15.4 Å². The van der Waals surface area contributed by atoms with Gasteiger partial charge in [0.15, 0.2) is 0 Å². The van der Waals surface area contributed by atoms with E-state index in [1.807, 2.05) is 6.07 Å². The quantitative estimate of drug-likeness (QED) is 0.605. The summed E-state index contributed by atoms with van der Waals surface area (Å²) in [5.74, 6) is 0. The maximum absolute atomic E-state index is 5.52. The molecule has 3 nitrogen and oxygen atoms in total. The second-order valence-corrected chi connectivity index (χ2v) is 6.37. The van der Waals surface area contributed by atoms with Gasteiger partial charge in [0.1, 0.15) is 6.54 Å². The summed E-state index contributed by atoms with van der Waals surface area (Å²) in [7, 11) is 0. The average molecular weight is 327 g/mol. The summed E-state index contributed by atoms with van der Waals surface area (Å²) >= 11 is 1.69. The minimum atomic E-state index is 0.945. The molecule has 1 aromatic carbocycles. The molecule has 0 unspecified atom stereocenters. The van der Waals surface area contributed by atoms with Crippen LogP contribution in [0.3, 0.4) is 0 Å². The van der Waals surface area contributed by atoms with Crippen molar-refractivity contribution in [3.63, 3.8) is 0 Å². The first-order valence-corrected chi connectivity index (χ1v) is 9.01. The number of aromatic nitrogens is 1. The second-order valence-electron chi connectivity index (χ2n) is 5.38. The third-order valence-electron chi connectivity index (χ3n) is 4.12. The molecule has 2 aromatic heterocycles. The van der Waals surface area contributed by atoms with Gasteiger partial charge in [0.05, 0.1) is 12.3 Å². The third kappa shape index (κ3) is 3.17. The number of benzene rings is 1. The maximum atomic E-state index is 5.52. The molecule has 3 aromatic rings. The molecule has 0 saturated carbocycles. The molecule has 4 heteroatoms. The van der Waals surface area contributed by atoms with E-state index in [2.05, 4.69) is 66.7 Å². The number of nitrogens with zero attached hydrogens (tertiary/aromatic N) is 2. The van der Waals surface area contributed by atoms with Crippen LogP contribution in [0, 0.1) is 0 Å². The Morgan fingerprint density at radius 3 is 2.43 bits per heavy atom. The highest BCUT2D eigenvalue weighted by Gasteiger charge is 2.18. The zero-order chi connectivity index (χ0) is 16.2. The number of aryl methyl sites for hydroxylation is 1. The lowest BCUT2D eigenvalue weighted by Gasteiger charge is -2.20. The molecule has 0 radical (unpaired) electrons. The van der Waals surface area contributed by atoms with E-state index in [0.717, 1.165) is 24.5 Å². The number of fused-ring (bicyclic) bond motifs is 1. The SMILES string of the molecule is CCN(CC)c1ccc(C=Cc2sc3occc3[n+]2CC)cc1. The maximum Gasteiger partial charge on any atom is 0.265 e. The van der Waals surface area contributed by atoms with Crippen molar-refractivity contribution in [2.24, 2.45) is 0 Å². The predicted octanol–water partition coefficient (Wildman–Crippen LogP) is 4.82. The molecule has 0 aliphatic carbocycles. The minimum absolute atomic E-state index is 0.945. The van der Waals surface area contributed by atoms with Gasteiger partial charge < -0.3 is 9.32 Å². The lowest BCUT2D eigenvalue weighted by Crippen LogP contribution is -2.33. The third-order valence-corrected chi connectivity index (χ3v) is 5.18. The number of hydrogen-bond donors (Lipinski definition) is 0. The Bertz CT molecular complexity index is 795. The number of thiazole rings is 1. The Balaban J connectivity index is 1.82. The van der Waals surface area contributed by atoms with E-state index in [-0.39, 0.29) is 0 Å². The molecule has 0 N–H and O–H groups in total. The van der Waals surface area contributed by atoms with E-state index in [1.165, 1.54) is 21.8 Å². The van der Waals surface area contributed by atoms with Gasteiger partial charge in [-0.05, 0) is 55.9 Å². The van der Waals surface area contributed by atoms with Crippen LogP contribution in [0.4, 0.5) is 5.69 Å². The van der Waals surface area contributed by atoms with E-state index in [1.54, 1.807) is 17.6 Å². The van der Waals surface area contributed by atoms with E-state index < -0.39 is 0 Å². The van der Waals surface area contributed by atoms with Crippen LogP contribution in [0.1, 0.15) is 31.3 Å². The van der Waals surface area contributed by atoms with Crippen molar-refractivity contribution in [2.45, 2.75) is 27.3 Å². The van der Waals surface area contributed by atoms with Crippen molar-refractivity contribution < 1.29 is 8.98 Å². The fraction of sp³-hybridized carbons (Fsp3) is 0.316. The van der Waals surface area contributed by atoms with Crippen LogP contribution in [0.15, 0.2) is 41.0 Å². The molecule has 0 spiro atoms. The Hall–Kier alpha value is -2.07. The summed E-state index contributed by atoms with van der Waals surface area (Å²) in [6, 6.07) is 10.8. The van der Waals surface area contributed by atoms with Crippen molar-refractivity contribution in [2.75, 3.05) is 18.0 Å². The summed E-state index contributed by atoms with van der Waals surface area (Å²) in [5, 5.41) is 1.22. The highest BCUT2D eigenvalue weighted by atomic mass is 32.1. The Kier molecular flexibility index (Phi) is 4.82. The van der Waals surface area contributed by atoms with Crippen LogP contribution < -0.4 is 9.47 Å². The van der Waals surface area contributed by atoms with Gasteiger partial charge in [-0.3, -0.25) is 0 Å². The summed E-state index contributed by atoms with van der Waals surface area (Å²) in [5.41, 5.74) is 3.67. The molecule has 2 heterocycles. The van der Waals surface area contributed by atoms with Gasteiger partial charge in [-0.15, -0.1) is 0 Å². The second kappa shape index (κ2) is 7.01. The zero-order valence-electron chi connectivity index (χ0n) is 14.0. The van der Waals surface area contributed by atoms with E-state index in [0.29, 0.717) is 0 Å². The molecule has 0 bridgehead atoms.